The van der Waals surface area contributed by atoms with Crippen LogP contribution in [0.15, 0.2) is 36.2 Å². The third-order valence-electron chi connectivity index (χ3n) is 10.6. The summed E-state index contributed by atoms with van der Waals surface area (Å²) < 4.78 is 45.3. The fourth-order valence-electron chi connectivity index (χ4n) is 6.74. The van der Waals surface area contributed by atoms with Gasteiger partial charge in [0, 0.05) is 34.2 Å². The smallest absolute Gasteiger partial charge is 0.411 e. The lowest BCUT2D eigenvalue weighted by molar-refractivity contribution is -0.132. The summed E-state index contributed by atoms with van der Waals surface area (Å²) in [7, 11) is -2.37. The van der Waals surface area contributed by atoms with E-state index >= 15 is 0 Å². The van der Waals surface area contributed by atoms with Crippen molar-refractivity contribution in [2.75, 3.05) is 13.7 Å². The van der Waals surface area contributed by atoms with Crippen LogP contribution in [0.2, 0.25) is 0 Å². The van der Waals surface area contributed by atoms with Gasteiger partial charge in [0.05, 0.1) is 29.6 Å². The van der Waals surface area contributed by atoms with E-state index in [1.807, 2.05) is 30.5 Å². The van der Waals surface area contributed by atoms with Crippen LogP contribution in [0, 0.1) is 18.8 Å². The SMILES string of the molecule is C=C[C@@H]1C[C@]1(NC(=O)[C@@H]1[C@H](C)[C@@H](Oc2cc(-c3nc(C(C)C)cs3)nc3c(C)c(OC)ccc23)CN1C(=O)OC(C)(C)C)C(=O)NS(=O)(=O)C1(C)CC1. The number of nitrogens with one attached hydrogen (secondary N) is 2. The molecular formula is C38H49N5O8S2. The minimum absolute atomic E-state index is 0.00593. The number of fused-ring (bicyclic) bond motifs is 1. The first kappa shape index (κ1) is 38.5. The minimum Gasteiger partial charge on any atom is -0.496 e. The summed E-state index contributed by atoms with van der Waals surface area (Å²) in [6, 6.07) is 4.41. The number of aromatic nitrogens is 2. The van der Waals surface area contributed by atoms with Gasteiger partial charge < -0.3 is 19.5 Å². The first-order chi connectivity index (χ1) is 24.7. The normalized spacial score (nSPS) is 24.8. The topological polar surface area (TPSA) is 166 Å². The Bertz CT molecular complexity index is 2090. The Hall–Kier alpha value is -4.24. The molecule has 2 saturated carbocycles. The quantitative estimate of drug-likeness (QED) is 0.226. The van der Waals surface area contributed by atoms with Crippen LogP contribution >= 0.6 is 11.3 Å². The van der Waals surface area contributed by atoms with Crippen LogP contribution in [0.3, 0.4) is 0 Å². The van der Waals surface area contributed by atoms with Gasteiger partial charge in [-0.3, -0.25) is 19.2 Å². The number of hydrogen-bond acceptors (Lipinski definition) is 11. The molecule has 3 aromatic rings. The predicted molar refractivity (Wildman–Crippen MR) is 202 cm³/mol. The van der Waals surface area contributed by atoms with Crippen molar-refractivity contribution in [2.45, 2.75) is 109 Å². The van der Waals surface area contributed by atoms with Crippen molar-refractivity contribution in [3.05, 3.63) is 47.5 Å². The van der Waals surface area contributed by atoms with E-state index < -0.39 is 67.8 Å². The number of hydrogen-bond donors (Lipinski definition) is 2. The number of benzene rings is 1. The van der Waals surface area contributed by atoms with E-state index in [0.29, 0.717) is 40.9 Å². The molecule has 0 spiro atoms. The van der Waals surface area contributed by atoms with Gasteiger partial charge in [0.25, 0.3) is 5.91 Å². The highest BCUT2D eigenvalue weighted by Gasteiger charge is 2.63. The molecule has 1 aliphatic heterocycles. The number of methoxy groups -OCH3 is 1. The molecule has 2 aromatic heterocycles. The first-order valence-electron chi connectivity index (χ1n) is 17.9. The van der Waals surface area contributed by atoms with Crippen molar-refractivity contribution < 1.29 is 37.0 Å². The summed E-state index contributed by atoms with van der Waals surface area (Å²) in [4.78, 5) is 52.8. The van der Waals surface area contributed by atoms with Crippen molar-refractivity contribution >= 4 is 50.2 Å². The number of ether oxygens (including phenoxy) is 3. The van der Waals surface area contributed by atoms with E-state index in [9.17, 15) is 22.8 Å². The summed E-state index contributed by atoms with van der Waals surface area (Å²) in [6.07, 6.45) is 1.15. The van der Waals surface area contributed by atoms with Gasteiger partial charge in [-0.05, 0) is 71.9 Å². The Morgan fingerprint density at radius 1 is 1.15 bits per heavy atom. The molecule has 3 fully saturated rings. The van der Waals surface area contributed by atoms with Gasteiger partial charge in [-0.25, -0.2) is 23.2 Å². The maximum Gasteiger partial charge on any atom is 0.411 e. The molecule has 53 heavy (non-hydrogen) atoms. The first-order valence-corrected chi connectivity index (χ1v) is 20.2. The highest BCUT2D eigenvalue weighted by Crippen LogP contribution is 2.47. The molecular weight excluding hydrogens is 719 g/mol. The number of rotatable bonds is 11. The second kappa shape index (κ2) is 13.6. The average molecular weight is 768 g/mol. The Kier molecular flexibility index (Phi) is 9.85. The Morgan fingerprint density at radius 2 is 1.85 bits per heavy atom. The number of amides is 3. The summed E-state index contributed by atoms with van der Waals surface area (Å²) in [5, 5.41) is 6.28. The Labute approximate surface area is 314 Å². The van der Waals surface area contributed by atoms with Crippen LogP contribution < -0.4 is 19.5 Å². The van der Waals surface area contributed by atoms with E-state index in [1.165, 1.54) is 22.3 Å². The highest BCUT2D eigenvalue weighted by molar-refractivity contribution is 7.91. The molecule has 2 N–H and O–H groups in total. The molecule has 3 aliphatic rings. The molecule has 6 rings (SSSR count). The number of carbonyl (C=O) groups is 3. The van der Waals surface area contributed by atoms with E-state index in [2.05, 4.69) is 30.5 Å². The fraction of sp³-hybridized carbons (Fsp3) is 0.553. The van der Waals surface area contributed by atoms with Gasteiger partial charge in [0.1, 0.15) is 45.5 Å². The van der Waals surface area contributed by atoms with Gasteiger partial charge in [0.15, 0.2) is 0 Å². The van der Waals surface area contributed by atoms with Crippen LogP contribution in [0.5, 0.6) is 11.5 Å². The summed E-state index contributed by atoms with van der Waals surface area (Å²) >= 11 is 1.48. The summed E-state index contributed by atoms with van der Waals surface area (Å²) in [5.74, 6) is -1.18. The zero-order valence-corrected chi connectivity index (χ0v) is 33.4. The van der Waals surface area contributed by atoms with Gasteiger partial charge >= 0.3 is 6.09 Å². The zero-order valence-electron chi connectivity index (χ0n) is 31.7. The third-order valence-corrected chi connectivity index (χ3v) is 13.6. The van der Waals surface area contributed by atoms with Gasteiger partial charge in [-0.1, -0.05) is 26.8 Å². The van der Waals surface area contributed by atoms with Crippen LogP contribution in [0.1, 0.15) is 84.9 Å². The monoisotopic (exact) mass is 767 g/mol. The van der Waals surface area contributed by atoms with Crippen molar-refractivity contribution in [1.29, 1.82) is 0 Å². The second-order valence-electron chi connectivity index (χ2n) is 16.0. The van der Waals surface area contributed by atoms with Crippen molar-refractivity contribution in [3.63, 3.8) is 0 Å². The van der Waals surface area contributed by atoms with Crippen molar-refractivity contribution in [1.82, 2.24) is 24.9 Å². The van der Waals surface area contributed by atoms with Crippen molar-refractivity contribution in [3.8, 4) is 22.2 Å². The Balaban J connectivity index is 1.34. The highest BCUT2D eigenvalue weighted by atomic mass is 32.2. The van der Waals surface area contributed by atoms with Crippen LogP contribution in [0.25, 0.3) is 21.6 Å². The van der Waals surface area contributed by atoms with E-state index in [4.69, 9.17) is 24.2 Å². The van der Waals surface area contributed by atoms with Crippen LogP contribution in [-0.4, -0.2) is 82.9 Å². The summed E-state index contributed by atoms with van der Waals surface area (Å²) in [6.45, 7) is 18.4. The van der Waals surface area contributed by atoms with Crippen LogP contribution in [0.4, 0.5) is 4.79 Å². The standard InChI is InChI=1S/C38H49N5O8S2/c1-11-23-17-38(23,34(45)42-53(47,48)37(9)14-15-37)41-32(44)31-22(5)29(18-43(31)35(46)51-36(6,7)8)50-28-16-25(33-40-26(19-52-33)20(2)3)39-30-21(4)27(49-10)13-12-24(28)30/h11-13,16,19-20,22-23,29,31H,1,14-15,17-18H2,2-10H3,(H,41,44)(H,42,45)/t22-,23-,29+,31+,38-/m1/s1. The second-order valence-corrected chi connectivity index (χ2v) is 19.1. The number of sulfonamides is 1. The Morgan fingerprint density at radius 3 is 2.42 bits per heavy atom. The van der Waals surface area contributed by atoms with Gasteiger partial charge in [-0.15, -0.1) is 17.9 Å². The molecule has 3 amide bonds. The molecule has 15 heteroatoms. The zero-order chi connectivity index (χ0) is 38.8. The van der Waals surface area contributed by atoms with E-state index in [0.717, 1.165) is 16.3 Å². The molecule has 0 radical (unpaired) electrons. The van der Waals surface area contributed by atoms with E-state index in [-0.39, 0.29) is 18.9 Å². The maximum absolute atomic E-state index is 14.3. The molecule has 0 bridgehead atoms. The largest absolute Gasteiger partial charge is 0.496 e. The van der Waals surface area contributed by atoms with Crippen LogP contribution in [-0.2, 0) is 24.3 Å². The number of thiazole rings is 1. The van der Waals surface area contributed by atoms with Gasteiger partial charge in [-0.2, -0.15) is 0 Å². The molecule has 2 aliphatic carbocycles. The fourth-order valence-corrected chi connectivity index (χ4v) is 9.00. The number of pyridine rings is 1. The molecule has 0 unspecified atom stereocenters. The number of aryl methyl sites for hydroxylation is 1. The van der Waals surface area contributed by atoms with Gasteiger partial charge in [0.2, 0.25) is 15.9 Å². The number of likely N-dealkylation sites (tertiary alicyclic amines) is 1. The molecule has 1 aromatic carbocycles. The number of nitrogens with zero attached hydrogens (tertiary/aromatic N) is 3. The predicted octanol–water partition coefficient (Wildman–Crippen LogP) is 5.86. The molecule has 3 heterocycles. The molecule has 1 saturated heterocycles. The lowest BCUT2D eigenvalue weighted by atomic mass is 9.98. The van der Waals surface area contributed by atoms with Crippen molar-refractivity contribution in [2.24, 2.45) is 11.8 Å². The molecule has 286 valence electrons. The third kappa shape index (κ3) is 7.21. The molecule has 13 nitrogen and oxygen atoms in total. The lowest BCUT2D eigenvalue weighted by Gasteiger charge is -2.30. The lowest BCUT2D eigenvalue weighted by Crippen LogP contribution is -2.58. The summed E-state index contributed by atoms with van der Waals surface area (Å²) in [5.41, 5.74) is 0.625. The molecule has 5 atom stereocenters. The average Bonchev–Trinajstić information content (AvgIpc) is 3.89. The maximum atomic E-state index is 14.3. The number of carbonyl (C=O) groups excluding carboxylic acids is 3. The van der Waals surface area contributed by atoms with E-state index in [1.54, 1.807) is 41.7 Å². The minimum atomic E-state index is -3.97.